The zero-order chi connectivity index (χ0) is 7.98. The van der Waals surface area contributed by atoms with E-state index < -0.39 is 12.0 Å². The Hall–Kier alpha value is -1.01. The Morgan fingerprint density at radius 1 is 1.80 bits per heavy atom. The molecule has 0 amide bonds. The molecule has 1 atom stereocenters. The van der Waals surface area contributed by atoms with Crippen LogP contribution in [0.1, 0.15) is 19.3 Å². The van der Waals surface area contributed by atoms with Gasteiger partial charge in [-0.15, -0.1) is 12.3 Å². The average molecular weight is 141 g/mol. The zero-order valence-corrected chi connectivity index (χ0v) is 5.71. The van der Waals surface area contributed by atoms with E-state index in [0.717, 1.165) is 0 Å². The lowest BCUT2D eigenvalue weighted by molar-refractivity contribution is -0.138. The molecule has 0 radical (unpaired) electrons. The van der Waals surface area contributed by atoms with E-state index in [-0.39, 0.29) is 0 Å². The first-order valence-electron chi connectivity index (χ1n) is 3.10. The maximum atomic E-state index is 10.1. The second-order valence-corrected chi connectivity index (χ2v) is 2.04. The van der Waals surface area contributed by atoms with Gasteiger partial charge in [0.2, 0.25) is 0 Å². The van der Waals surface area contributed by atoms with Gasteiger partial charge in [0.05, 0.1) is 0 Å². The van der Waals surface area contributed by atoms with E-state index in [1.807, 2.05) is 0 Å². The van der Waals surface area contributed by atoms with E-state index in [1.165, 1.54) is 0 Å². The lowest BCUT2D eigenvalue weighted by atomic mass is 10.1. The van der Waals surface area contributed by atoms with E-state index in [0.29, 0.717) is 19.3 Å². The van der Waals surface area contributed by atoms with Gasteiger partial charge in [-0.05, 0) is 12.8 Å². The number of terminal acetylenes is 1. The maximum absolute atomic E-state index is 10.1. The van der Waals surface area contributed by atoms with Gasteiger partial charge in [0.15, 0.2) is 0 Å². The largest absolute Gasteiger partial charge is 0.480 e. The van der Waals surface area contributed by atoms with Crippen molar-refractivity contribution < 1.29 is 9.90 Å². The topological polar surface area (TPSA) is 63.3 Å². The van der Waals surface area contributed by atoms with E-state index in [9.17, 15) is 4.79 Å². The van der Waals surface area contributed by atoms with Crippen LogP contribution < -0.4 is 5.73 Å². The summed E-state index contributed by atoms with van der Waals surface area (Å²) in [6.07, 6.45) is 6.69. The van der Waals surface area contributed by atoms with Crippen LogP contribution in [0.2, 0.25) is 0 Å². The second-order valence-electron chi connectivity index (χ2n) is 2.04. The third-order valence-corrected chi connectivity index (χ3v) is 1.15. The number of carbonyl (C=O) groups is 1. The highest BCUT2D eigenvalue weighted by atomic mass is 16.4. The Bertz CT molecular complexity index is 148. The summed E-state index contributed by atoms with van der Waals surface area (Å²) in [5.41, 5.74) is 5.19. The molecule has 1 unspecified atom stereocenters. The Kier molecular flexibility index (Phi) is 4.34. The lowest BCUT2D eigenvalue weighted by Gasteiger charge is -2.02. The summed E-state index contributed by atoms with van der Waals surface area (Å²) >= 11 is 0. The van der Waals surface area contributed by atoms with E-state index in [1.54, 1.807) is 0 Å². The number of carboxylic acids is 1. The van der Waals surface area contributed by atoms with Crippen molar-refractivity contribution >= 4 is 5.97 Å². The summed E-state index contributed by atoms with van der Waals surface area (Å²) in [6.45, 7) is 0. The number of hydrogen-bond acceptors (Lipinski definition) is 2. The molecule has 0 spiro atoms. The summed E-state index contributed by atoms with van der Waals surface area (Å²) in [4.78, 5) is 10.1. The van der Waals surface area contributed by atoms with Crippen molar-refractivity contribution in [3.63, 3.8) is 0 Å². The normalized spacial score (nSPS) is 12.0. The standard InChI is InChI=1S/C7H11NO2/c1-2-3-4-5-6(8)7(9)10/h1,6H,3-5,8H2,(H,9,10). The van der Waals surface area contributed by atoms with Crippen LogP contribution in [-0.2, 0) is 4.79 Å². The highest BCUT2D eigenvalue weighted by Crippen LogP contribution is 1.97. The van der Waals surface area contributed by atoms with Gasteiger partial charge in [-0.2, -0.15) is 0 Å². The molecule has 10 heavy (non-hydrogen) atoms. The van der Waals surface area contributed by atoms with Crippen LogP contribution in [0.4, 0.5) is 0 Å². The fourth-order valence-corrected chi connectivity index (χ4v) is 0.548. The quantitative estimate of drug-likeness (QED) is 0.434. The summed E-state index contributed by atoms with van der Waals surface area (Å²) in [7, 11) is 0. The van der Waals surface area contributed by atoms with Crippen LogP contribution >= 0.6 is 0 Å². The number of aliphatic carboxylic acids is 1. The molecule has 0 fully saturated rings. The van der Waals surface area contributed by atoms with Gasteiger partial charge in [-0.3, -0.25) is 4.79 Å². The van der Waals surface area contributed by atoms with Crippen LogP contribution in [-0.4, -0.2) is 17.1 Å². The number of nitrogens with two attached hydrogens (primary N) is 1. The summed E-state index contributed by atoms with van der Waals surface area (Å²) in [5, 5.41) is 8.30. The van der Waals surface area contributed by atoms with E-state index in [4.69, 9.17) is 17.3 Å². The van der Waals surface area contributed by atoms with Gasteiger partial charge >= 0.3 is 5.97 Å². The average Bonchev–Trinajstić information content (AvgIpc) is 1.88. The maximum Gasteiger partial charge on any atom is 0.320 e. The first-order valence-corrected chi connectivity index (χ1v) is 3.10. The third-order valence-electron chi connectivity index (χ3n) is 1.15. The highest BCUT2D eigenvalue weighted by Gasteiger charge is 2.09. The van der Waals surface area contributed by atoms with Crippen LogP contribution in [0.3, 0.4) is 0 Å². The SMILES string of the molecule is C#CCCCC(N)C(=O)O. The molecule has 0 aliphatic heterocycles. The Morgan fingerprint density at radius 3 is 2.80 bits per heavy atom. The molecular weight excluding hydrogens is 130 g/mol. The number of unbranched alkanes of at least 4 members (excludes halogenated alkanes) is 1. The van der Waals surface area contributed by atoms with E-state index in [2.05, 4.69) is 5.92 Å². The Labute approximate surface area is 60.2 Å². The molecule has 0 aromatic heterocycles. The Morgan fingerprint density at radius 2 is 2.40 bits per heavy atom. The molecule has 0 aliphatic rings. The van der Waals surface area contributed by atoms with Crippen molar-refractivity contribution in [3.05, 3.63) is 0 Å². The van der Waals surface area contributed by atoms with Crippen molar-refractivity contribution in [2.75, 3.05) is 0 Å². The van der Waals surface area contributed by atoms with Crippen molar-refractivity contribution in [2.45, 2.75) is 25.3 Å². The fraction of sp³-hybridized carbons (Fsp3) is 0.571. The van der Waals surface area contributed by atoms with Crippen molar-refractivity contribution in [3.8, 4) is 12.3 Å². The van der Waals surface area contributed by atoms with E-state index >= 15 is 0 Å². The zero-order valence-electron chi connectivity index (χ0n) is 5.71. The second kappa shape index (κ2) is 4.83. The lowest BCUT2D eigenvalue weighted by Crippen LogP contribution is -2.29. The smallest absolute Gasteiger partial charge is 0.320 e. The molecule has 0 rings (SSSR count). The minimum Gasteiger partial charge on any atom is -0.480 e. The van der Waals surface area contributed by atoms with Gasteiger partial charge in [-0.25, -0.2) is 0 Å². The molecule has 0 aromatic carbocycles. The first-order chi connectivity index (χ1) is 4.68. The molecule has 3 N–H and O–H groups in total. The van der Waals surface area contributed by atoms with Crippen molar-refractivity contribution in [2.24, 2.45) is 5.73 Å². The van der Waals surface area contributed by atoms with Gasteiger partial charge in [0, 0.05) is 6.42 Å². The van der Waals surface area contributed by atoms with Gasteiger partial charge in [0.25, 0.3) is 0 Å². The molecule has 56 valence electrons. The van der Waals surface area contributed by atoms with Gasteiger partial charge < -0.3 is 10.8 Å². The van der Waals surface area contributed by atoms with Crippen LogP contribution in [0.15, 0.2) is 0 Å². The monoisotopic (exact) mass is 141 g/mol. The third kappa shape index (κ3) is 3.93. The molecule has 3 nitrogen and oxygen atoms in total. The fourth-order valence-electron chi connectivity index (χ4n) is 0.548. The minimum atomic E-state index is -0.961. The van der Waals surface area contributed by atoms with Crippen LogP contribution in [0, 0.1) is 12.3 Å². The predicted octanol–water partition coefficient (Wildman–Crippen LogP) is 0.202. The number of rotatable bonds is 4. The minimum absolute atomic E-state index is 0.458. The molecular formula is C7H11NO2. The molecule has 0 saturated carbocycles. The molecule has 0 aliphatic carbocycles. The molecule has 0 heterocycles. The van der Waals surface area contributed by atoms with Crippen molar-refractivity contribution in [1.29, 1.82) is 0 Å². The van der Waals surface area contributed by atoms with Gasteiger partial charge in [0.1, 0.15) is 6.04 Å². The summed E-state index contributed by atoms with van der Waals surface area (Å²) in [5.74, 6) is 1.45. The summed E-state index contributed by atoms with van der Waals surface area (Å²) in [6, 6.07) is -0.756. The highest BCUT2D eigenvalue weighted by molar-refractivity contribution is 5.72. The number of hydrogen-bond donors (Lipinski definition) is 2. The molecule has 3 heteroatoms. The molecule has 0 saturated heterocycles. The van der Waals surface area contributed by atoms with Crippen LogP contribution in [0.25, 0.3) is 0 Å². The summed E-state index contributed by atoms with van der Waals surface area (Å²) < 4.78 is 0. The number of carboxylic acid groups (broad SMARTS) is 1. The molecule has 0 aromatic rings. The first kappa shape index (κ1) is 8.99. The predicted molar refractivity (Wildman–Crippen MR) is 38.3 cm³/mol. The van der Waals surface area contributed by atoms with Crippen molar-refractivity contribution in [1.82, 2.24) is 0 Å². The Balaban J connectivity index is 3.32. The molecule has 0 bridgehead atoms. The van der Waals surface area contributed by atoms with Gasteiger partial charge in [-0.1, -0.05) is 0 Å². The van der Waals surface area contributed by atoms with Crippen LogP contribution in [0.5, 0.6) is 0 Å².